The van der Waals surface area contributed by atoms with Crippen LogP contribution in [0.25, 0.3) is 0 Å². The molecular weight excluding hydrogens is 251 g/mol. The fourth-order valence-electron chi connectivity index (χ4n) is 1.86. The maximum absolute atomic E-state index is 13.6. The fourth-order valence-corrected chi connectivity index (χ4v) is 1.86. The lowest BCUT2D eigenvalue weighted by atomic mass is 10.1. The summed E-state index contributed by atoms with van der Waals surface area (Å²) in [5.74, 6) is 1.07. The van der Waals surface area contributed by atoms with Crippen LogP contribution in [-0.2, 0) is 4.74 Å². The van der Waals surface area contributed by atoms with Crippen LogP contribution in [-0.4, -0.2) is 50.7 Å². The van der Waals surface area contributed by atoms with Crippen molar-refractivity contribution in [3.8, 4) is 11.6 Å². The normalized spacial score (nSPS) is 23.1. The number of methoxy groups -OCH3 is 1. The van der Waals surface area contributed by atoms with Crippen molar-refractivity contribution < 1.29 is 18.6 Å². The SMILES string of the molecule is COCCOc1ccc(OC2CCNC[C@@H]2F)cn1. The highest BCUT2D eigenvalue weighted by molar-refractivity contribution is 5.23. The first-order chi connectivity index (χ1) is 9.29. The van der Waals surface area contributed by atoms with Gasteiger partial charge < -0.3 is 19.5 Å². The number of nitrogens with zero attached hydrogens (tertiary/aromatic N) is 1. The Kier molecular flexibility index (Phi) is 5.35. The number of nitrogens with one attached hydrogen (secondary N) is 1. The van der Waals surface area contributed by atoms with E-state index in [1.165, 1.54) is 0 Å². The van der Waals surface area contributed by atoms with Crippen LogP contribution in [0, 0.1) is 0 Å². The average molecular weight is 270 g/mol. The molecule has 0 spiro atoms. The van der Waals surface area contributed by atoms with E-state index in [0.717, 1.165) is 6.54 Å². The Bertz CT molecular complexity index is 375. The second-order valence-corrected chi connectivity index (χ2v) is 4.34. The molecule has 1 saturated heterocycles. The Morgan fingerprint density at radius 2 is 2.32 bits per heavy atom. The third kappa shape index (κ3) is 4.33. The van der Waals surface area contributed by atoms with E-state index in [1.54, 1.807) is 25.4 Å². The summed E-state index contributed by atoms with van der Waals surface area (Å²) < 4.78 is 29.4. The van der Waals surface area contributed by atoms with Crippen molar-refractivity contribution in [1.82, 2.24) is 10.3 Å². The molecule has 1 aliphatic heterocycles. The summed E-state index contributed by atoms with van der Waals surface area (Å²) in [6.07, 6.45) is 0.833. The number of halogens is 1. The zero-order valence-electron chi connectivity index (χ0n) is 11.0. The Labute approximate surface area is 112 Å². The van der Waals surface area contributed by atoms with E-state index in [1.807, 2.05) is 0 Å². The Morgan fingerprint density at radius 1 is 1.42 bits per heavy atom. The number of hydrogen-bond acceptors (Lipinski definition) is 5. The van der Waals surface area contributed by atoms with Crippen molar-refractivity contribution in [3.05, 3.63) is 18.3 Å². The zero-order valence-corrected chi connectivity index (χ0v) is 11.0. The molecule has 1 aliphatic rings. The lowest BCUT2D eigenvalue weighted by Gasteiger charge is -2.27. The highest BCUT2D eigenvalue weighted by Crippen LogP contribution is 2.19. The Morgan fingerprint density at radius 3 is 3.00 bits per heavy atom. The van der Waals surface area contributed by atoms with Crippen LogP contribution in [0.3, 0.4) is 0 Å². The molecular formula is C13H19FN2O3. The highest BCUT2D eigenvalue weighted by atomic mass is 19.1. The van der Waals surface area contributed by atoms with Gasteiger partial charge in [0.15, 0.2) is 0 Å². The van der Waals surface area contributed by atoms with Gasteiger partial charge in [-0.05, 0) is 19.0 Å². The van der Waals surface area contributed by atoms with E-state index >= 15 is 0 Å². The number of ether oxygens (including phenoxy) is 3. The third-order valence-corrected chi connectivity index (χ3v) is 2.88. The molecule has 2 rings (SSSR count). The van der Waals surface area contributed by atoms with Gasteiger partial charge in [-0.15, -0.1) is 0 Å². The summed E-state index contributed by atoms with van der Waals surface area (Å²) >= 11 is 0. The van der Waals surface area contributed by atoms with E-state index < -0.39 is 12.3 Å². The molecule has 6 heteroatoms. The molecule has 1 aromatic heterocycles. The predicted octanol–water partition coefficient (Wildman–Crippen LogP) is 1.19. The van der Waals surface area contributed by atoms with Crippen LogP contribution in [0.5, 0.6) is 11.6 Å². The van der Waals surface area contributed by atoms with E-state index in [4.69, 9.17) is 14.2 Å². The van der Waals surface area contributed by atoms with Crippen molar-refractivity contribution in [1.29, 1.82) is 0 Å². The monoisotopic (exact) mass is 270 g/mol. The summed E-state index contributed by atoms with van der Waals surface area (Å²) in [6.45, 7) is 2.08. The van der Waals surface area contributed by atoms with Gasteiger partial charge in [0, 0.05) is 19.7 Å². The molecule has 5 nitrogen and oxygen atoms in total. The number of pyridine rings is 1. The Balaban J connectivity index is 1.84. The highest BCUT2D eigenvalue weighted by Gasteiger charge is 2.26. The smallest absolute Gasteiger partial charge is 0.213 e. The number of alkyl halides is 1. The molecule has 1 fully saturated rings. The number of hydrogen-bond donors (Lipinski definition) is 1. The van der Waals surface area contributed by atoms with Crippen molar-refractivity contribution in [2.45, 2.75) is 18.7 Å². The maximum Gasteiger partial charge on any atom is 0.213 e. The van der Waals surface area contributed by atoms with Crippen molar-refractivity contribution in [3.63, 3.8) is 0 Å². The van der Waals surface area contributed by atoms with Crippen molar-refractivity contribution in [2.75, 3.05) is 33.4 Å². The van der Waals surface area contributed by atoms with Gasteiger partial charge in [-0.3, -0.25) is 0 Å². The summed E-state index contributed by atoms with van der Waals surface area (Å²) in [5.41, 5.74) is 0. The fraction of sp³-hybridized carbons (Fsp3) is 0.615. The number of aromatic nitrogens is 1. The van der Waals surface area contributed by atoms with Crippen LogP contribution < -0.4 is 14.8 Å². The zero-order chi connectivity index (χ0) is 13.5. The largest absolute Gasteiger partial charge is 0.486 e. The molecule has 1 unspecified atom stereocenters. The molecule has 2 atom stereocenters. The van der Waals surface area contributed by atoms with Crippen LogP contribution in [0.4, 0.5) is 4.39 Å². The van der Waals surface area contributed by atoms with Gasteiger partial charge >= 0.3 is 0 Å². The van der Waals surface area contributed by atoms with Gasteiger partial charge in [-0.25, -0.2) is 9.37 Å². The summed E-state index contributed by atoms with van der Waals surface area (Å²) in [7, 11) is 1.61. The van der Waals surface area contributed by atoms with Gasteiger partial charge in [0.2, 0.25) is 5.88 Å². The lowest BCUT2D eigenvalue weighted by Crippen LogP contribution is -2.44. The van der Waals surface area contributed by atoms with Crippen molar-refractivity contribution >= 4 is 0 Å². The minimum absolute atomic E-state index is 0.344. The van der Waals surface area contributed by atoms with E-state index in [0.29, 0.717) is 37.8 Å². The average Bonchev–Trinajstić information content (AvgIpc) is 2.44. The molecule has 19 heavy (non-hydrogen) atoms. The van der Waals surface area contributed by atoms with Crippen LogP contribution >= 0.6 is 0 Å². The molecule has 0 bridgehead atoms. The first-order valence-corrected chi connectivity index (χ1v) is 6.39. The van der Waals surface area contributed by atoms with E-state index in [9.17, 15) is 4.39 Å². The minimum atomic E-state index is -0.980. The lowest BCUT2D eigenvalue weighted by molar-refractivity contribution is 0.0726. The standard InChI is InChI=1S/C13H19FN2O3/c1-17-6-7-18-13-3-2-10(8-16-13)19-12-4-5-15-9-11(12)14/h2-3,8,11-12,15H,4-7,9H2,1H3/t11-,12?/m0/s1. The molecule has 0 aromatic carbocycles. The molecule has 2 heterocycles. The number of piperidine rings is 1. The molecule has 106 valence electrons. The van der Waals surface area contributed by atoms with E-state index in [-0.39, 0.29) is 0 Å². The molecule has 1 aromatic rings. The van der Waals surface area contributed by atoms with Gasteiger partial charge in [-0.2, -0.15) is 0 Å². The molecule has 0 radical (unpaired) electrons. The molecule has 0 saturated carbocycles. The van der Waals surface area contributed by atoms with Gasteiger partial charge in [0.1, 0.15) is 24.6 Å². The van der Waals surface area contributed by atoms with Gasteiger partial charge in [0.05, 0.1) is 12.8 Å². The summed E-state index contributed by atoms with van der Waals surface area (Å²) in [5, 5.41) is 2.99. The molecule has 1 N–H and O–H groups in total. The van der Waals surface area contributed by atoms with Gasteiger partial charge in [-0.1, -0.05) is 0 Å². The third-order valence-electron chi connectivity index (χ3n) is 2.88. The number of rotatable bonds is 6. The first kappa shape index (κ1) is 14.0. The topological polar surface area (TPSA) is 52.6 Å². The first-order valence-electron chi connectivity index (χ1n) is 6.39. The Hall–Kier alpha value is -1.40. The van der Waals surface area contributed by atoms with Crippen molar-refractivity contribution in [2.24, 2.45) is 0 Å². The second kappa shape index (κ2) is 7.25. The molecule has 0 aliphatic carbocycles. The summed E-state index contributed by atoms with van der Waals surface area (Å²) in [4.78, 5) is 4.10. The van der Waals surface area contributed by atoms with Crippen LogP contribution in [0.2, 0.25) is 0 Å². The quantitative estimate of drug-likeness (QED) is 0.787. The van der Waals surface area contributed by atoms with E-state index in [2.05, 4.69) is 10.3 Å². The second-order valence-electron chi connectivity index (χ2n) is 4.34. The maximum atomic E-state index is 13.6. The van der Waals surface area contributed by atoms with Crippen LogP contribution in [0.1, 0.15) is 6.42 Å². The predicted molar refractivity (Wildman–Crippen MR) is 68.4 cm³/mol. The minimum Gasteiger partial charge on any atom is -0.486 e. The van der Waals surface area contributed by atoms with Crippen LogP contribution in [0.15, 0.2) is 18.3 Å². The molecule has 0 amide bonds. The summed E-state index contributed by atoms with van der Waals surface area (Å²) in [6, 6.07) is 3.45. The van der Waals surface area contributed by atoms with Gasteiger partial charge in [0.25, 0.3) is 0 Å².